The lowest BCUT2D eigenvalue weighted by Gasteiger charge is -2.45. The fourth-order valence-corrected chi connectivity index (χ4v) is 8.60. The largest absolute Gasteiger partial charge is 0.396 e. The second-order valence-corrected chi connectivity index (χ2v) is 17.5. The third-order valence-corrected chi connectivity index (χ3v) is 11.9. The molecule has 0 fully saturated rings. The molecule has 286 valence electrons. The summed E-state index contributed by atoms with van der Waals surface area (Å²) in [5.74, 6) is -0.980. The predicted molar refractivity (Wildman–Crippen MR) is 210 cm³/mol. The Balaban J connectivity index is 1.28. The van der Waals surface area contributed by atoms with E-state index in [1.807, 2.05) is 91.8 Å². The molecule has 10 nitrogen and oxygen atoms in total. The lowest BCUT2D eigenvalue weighted by atomic mass is 9.80. The van der Waals surface area contributed by atoms with E-state index < -0.39 is 28.5 Å². The molecule has 1 unspecified atom stereocenters. The summed E-state index contributed by atoms with van der Waals surface area (Å²) < 4.78 is 12.1. The molecule has 3 amide bonds. The Hall–Kier alpha value is -4.19. The summed E-state index contributed by atoms with van der Waals surface area (Å²) in [6.07, 6.45) is 0.668. The van der Waals surface area contributed by atoms with Crippen molar-refractivity contribution in [2.24, 2.45) is 0 Å². The van der Waals surface area contributed by atoms with Crippen LogP contribution in [0.2, 0.25) is 0 Å². The molecule has 0 radical (unpaired) electrons. The van der Waals surface area contributed by atoms with Crippen molar-refractivity contribution in [1.82, 2.24) is 9.80 Å². The molecule has 5 aromatic carbocycles. The summed E-state index contributed by atoms with van der Waals surface area (Å²) in [6, 6.07) is 15.1. The fourth-order valence-electron chi connectivity index (χ4n) is 8.60. The van der Waals surface area contributed by atoms with Gasteiger partial charge < -0.3 is 29.7 Å². The Labute approximate surface area is 315 Å². The van der Waals surface area contributed by atoms with Crippen LogP contribution in [0.1, 0.15) is 124 Å². The maximum Gasteiger partial charge on any atom is 0.261 e. The van der Waals surface area contributed by atoms with Crippen LogP contribution in [-0.2, 0) is 9.47 Å². The van der Waals surface area contributed by atoms with E-state index >= 15 is 0 Å². The topological polar surface area (TPSA) is 137 Å². The van der Waals surface area contributed by atoms with Crippen LogP contribution in [0, 0.1) is 0 Å². The highest BCUT2D eigenvalue weighted by Gasteiger charge is 2.44. The number of hydrogen-bond acceptors (Lipinski definition) is 8. The van der Waals surface area contributed by atoms with Crippen molar-refractivity contribution in [3.05, 3.63) is 70.8 Å². The molecular weight excluding hydrogens is 684 g/mol. The Bertz CT molecular complexity index is 2250. The van der Waals surface area contributed by atoms with Crippen LogP contribution >= 0.6 is 0 Å². The van der Waals surface area contributed by atoms with Crippen molar-refractivity contribution >= 4 is 60.8 Å². The first-order valence-corrected chi connectivity index (χ1v) is 19.0. The molecular formula is C44H52N2O8. The maximum absolute atomic E-state index is 14.3. The Morgan fingerprint density at radius 3 is 1.41 bits per heavy atom. The van der Waals surface area contributed by atoms with Gasteiger partial charge in [0.25, 0.3) is 17.7 Å². The standard InChI is InChI=1S/C44H52N2O8/c1-41(2,19-23-53-43(5,6)17-21-47)45-37(49)29-13-9-25-27-11-15-31-36-32(16-12-28(34(27)36)26-10-14-30(38(45)50)35(29)33(25)26)40(52)46(39(31)51)42(3,4)20-24-54-44(7,8)18-22-48/h9-16,37,47-49H,17-24H2,1-8H3. The normalized spacial score (nSPS) is 17.0. The van der Waals surface area contributed by atoms with Gasteiger partial charge in [0, 0.05) is 70.5 Å². The van der Waals surface area contributed by atoms with Crippen LogP contribution in [0.4, 0.5) is 0 Å². The van der Waals surface area contributed by atoms with Crippen LogP contribution in [0.15, 0.2) is 48.5 Å². The zero-order chi connectivity index (χ0) is 39.1. The number of aliphatic hydroxyl groups is 3. The molecule has 7 rings (SSSR count). The molecule has 0 saturated heterocycles. The molecule has 0 aliphatic carbocycles. The number of nitrogens with zero attached hydrogens (tertiary/aromatic N) is 2. The number of aliphatic hydroxyl groups excluding tert-OH is 3. The first-order chi connectivity index (χ1) is 25.4. The van der Waals surface area contributed by atoms with Gasteiger partial charge in [-0.3, -0.25) is 19.3 Å². The van der Waals surface area contributed by atoms with Gasteiger partial charge in [0.05, 0.1) is 11.2 Å². The van der Waals surface area contributed by atoms with Crippen molar-refractivity contribution in [3.8, 4) is 0 Å². The van der Waals surface area contributed by atoms with Gasteiger partial charge >= 0.3 is 0 Å². The number of hydrogen-bond donors (Lipinski definition) is 3. The second-order valence-electron chi connectivity index (χ2n) is 17.5. The summed E-state index contributed by atoms with van der Waals surface area (Å²) in [4.78, 5) is 45.8. The summed E-state index contributed by atoms with van der Waals surface area (Å²) in [6.45, 7) is 16.0. The smallest absolute Gasteiger partial charge is 0.261 e. The first-order valence-electron chi connectivity index (χ1n) is 19.0. The quantitative estimate of drug-likeness (QED) is 0.0607. The van der Waals surface area contributed by atoms with E-state index in [2.05, 4.69) is 0 Å². The van der Waals surface area contributed by atoms with E-state index in [9.17, 15) is 29.7 Å². The molecule has 3 N–H and O–H groups in total. The van der Waals surface area contributed by atoms with E-state index in [1.165, 1.54) is 4.90 Å². The van der Waals surface area contributed by atoms with Crippen molar-refractivity contribution in [2.45, 2.75) is 110 Å². The minimum atomic E-state index is -1.19. The number of rotatable bonds is 14. The number of benzene rings is 5. The Morgan fingerprint density at radius 1 is 0.537 bits per heavy atom. The lowest BCUT2D eigenvalue weighted by Crippen LogP contribution is -2.53. The number of carbonyl (C=O) groups is 3. The van der Waals surface area contributed by atoms with Gasteiger partial charge in [-0.2, -0.15) is 0 Å². The third-order valence-electron chi connectivity index (χ3n) is 11.9. The van der Waals surface area contributed by atoms with E-state index in [-0.39, 0.29) is 30.9 Å². The van der Waals surface area contributed by atoms with Gasteiger partial charge in [-0.05, 0) is 132 Å². The molecule has 0 saturated carbocycles. The molecule has 2 aliphatic heterocycles. The summed E-state index contributed by atoms with van der Waals surface area (Å²) in [7, 11) is 0. The van der Waals surface area contributed by atoms with Crippen molar-refractivity contribution in [2.75, 3.05) is 26.4 Å². The van der Waals surface area contributed by atoms with Gasteiger partial charge in [-0.25, -0.2) is 0 Å². The van der Waals surface area contributed by atoms with Gasteiger partial charge in [0.2, 0.25) is 0 Å². The van der Waals surface area contributed by atoms with Crippen LogP contribution in [0.25, 0.3) is 43.1 Å². The monoisotopic (exact) mass is 736 g/mol. The second kappa shape index (κ2) is 13.2. The number of ether oxygens (including phenoxy) is 2. The zero-order valence-electron chi connectivity index (χ0n) is 32.6. The molecule has 2 aliphatic rings. The zero-order valence-corrected chi connectivity index (χ0v) is 32.6. The molecule has 0 bridgehead atoms. The van der Waals surface area contributed by atoms with Gasteiger partial charge in [0.1, 0.15) is 0 Å². The van der Waals surface area contributed by atoms with Crippen molar-refractivity contribution in [3.63, 3.8) is 0 Å². The predicted octanol–water partition coefficient (Wildman–Crippen LogP) is 7.47. The SMILES string of the molecule is CC(C)(CCO)OCCC(C)(C)N1C(=O)c2ccc3c4ccc5c6c(ccc(c7ccc(c2c37)C1=O)c64)C(O)N(C(C)(C)CCOC(C)(C)CCO)C5=O. The van der Waals surface area contributed by atoms with Crippen molar-refractivity contribution in [1.29, 1.82) is 0 Å². The van der Waals surface area contributed by atoms with E-state index in [4.69, 9.17) is 9.47 Å². The molecule has 1 atom stereocenters. The minimum Gasteiger partial charge on any atom is -0.396 e. The highest BCUT2D eigenvalue weighted by Crippen LogP contribution is 2.49. The first kappa shape index (κ1) is 38.1. The molecule has 5 aromatic rings. The Morgan fingerprint density at radius 2 is 0.944 bits per heavy atom. The molecule has 2 heterocycles. The lowest BCUT2D eigenvalue weighted by molar-refractivity contribution is -0.0714. The highest BCUT2D eigenvalue weighted by molar-refractivity contribution is 6.39. The van der Waals surface area contributed by atoms with Crippen molar-refractivity contribution < 1.29 is 39.2 Å². The average Bonchev–Trinajstić information content (AvgIpc) is 3.08. The van der Waals surface area contributed by atoms with Crippen LogP contribution in [0.5, 0.6) is 0 Å². The van der Waals surface area contributed by atoms with Gasteiger partial charge in [0.15, 0.2) is 6.23 Å². The summed E-state index contributed by atoms with van der Waals surface area (Å²) in [5, 5.41) is 37.2. The maximum atomic E-state index is 14.3. The van der Waals surface area contributed by atoms with Gasteiger partial charge in [-0.1, -0.05) is 30.3 Å². The molecule has 10 heteroatoms. The van der Waals surface area contributed by atoms with E-state index in [0.717, 1.165) is 32.3 Å². The molecule has 54 heavy (non-hydrogen) atoms. The van der Waals surface area contributed by atoms with Crippen LogP contribution in [-0.4, -0.2) is 91.5 Å². The van der Waals surface area contributed by atoms with Crippen LogP contribution < -0.4 is 0 Å². The molecule has 0 aromatic heterocycles. The van der Waals surface area contributed by atoms with E-state index in [0.29, 0.717) is 71.9 Å². The average molecular weight is 737 g/mol. The molecule has 0 spiro atoms. The number of carbonyl (C=O) groups excluding carboxylic acids is 3. The fraction of sp³-hybridized carbons (Fsp3) is 0.477. The summed E-state index contributed by atoms with van der Waals surface area (Å²) in [5.41, 5.74) is -0.588. The van der Waals surface area contributed by atoms with E-state index in [1.54, 1.807) is 17.0 Å². The number of amides is 3. The number of imide groups is 1. The van der Waals surface area contributed by atoms with Crippen LogP contribution in [0.3, 0.4) is 0 Å². The minimum absolute atomic E-state index is 0.00533. The highest BCUT2D eigenvalue weighted by atomic mass is 16.5. The third kappa shape index (κ3) is 6.03. The van der Waals surface area contributed by atoms with Gasteiger partial charge in [-0.15, -0.1) is 0 Å². The number of fused-ring (bicyclic) bond motifs is 2. The summed E-state index contributed by atoms with van der Waals surface area (Å²) >= 11 is 0. The Kier molecular flexibility index (Phi) is 9.34.